The van der Waals surface area contributed by atoms with Gasteiger partial charge >= 0.3 is 0 Å². The van der Waals surface area contributed by atoms with E-state index in [4.69, 9.17) is 0 Å². The zero-order valence-electron chi connectivity index (χ0n) is 10.5. The van der Waals surface area contributed by atoms with Crippen molar-refractivity contribution in [3.05, 3.63) is 33.5 Å². The van der Waals surface area contributed by atoms with Crippen LogP contribution >= 0.6 is 11.3 Å². The van der Waals surface area contributed by atoms with Gasteiger partial charge in [0.2, 0.25) is 0 Å². The molecule has 0 spiro atoms. The molecular weight excluding hydrogens is 232 g/mol. The Morgan fingerprint density at radius 2 is 2.24 bits per heavy atom. The van der Waals surface area contributed by atoms with Gasteiger partial charge in [0, 0.05) is 31.2 Å². The van der Waals surface area contributed by atoms with Crippen LogP contribution in [0.15, 0.2) is 11.4 Å². The predicted octanol–water partition coefficient (Wildman–Crippen LogP) is 2.04. The van der Waals surface area contributed by atoms with Crippen molar-refractivity contribution in [3.8, 4) is 0 Å². The molecule has 0 fully saturated rings. The predicted molar refractivity (Wildman–Crippen MR) is 70.0 cm³/mol. The maximum atomic E-state index is 4.42. The molecule has 0 bridgehead atoms. The van der Waals surface area contributed by atoms with Crippen molar-refractivity contribution in [3.63, 3.8) is 0 Å². The van der Waals surface area contributed by atoms with Gasteiger partial charge in [-0.25, -0.2) is 4.98 Å². The third-order valence-electron chi connectivity index (χ3n) is 2.64. The molecular formula is C12H18N4S. The summed E-state index contributed by atoms with van der Waals surface area (Å²) in [5.41, 5.74) is 3.46. The van der Waals surface area contributed by atoms with Crippen LogP contribution in [0.1, 0.15) is 29.0 Å². The summed E-state index contributed by atoms with van der Waals surface area (Å²) in [6.07, 6.45) is 0.986. The normalized spacial score (nSPS) is 11.0. The van der Waals surface area contributed by atoms with Crippen molar-refractivity contribution in [1.29, 1.82) is 0 Å². The molecule has 2 aromatic heterocycles. The van der Waals surface area contributed by atoms with Crippen LogP contribution in [0.3, 0.4) is 0 Å². The van der Waals surface area contributed by atoms with Gasteiger partial charge < -0.3 is 5.32 Å². The molecule has 0 saturated heterocycles. The number of nitrogens with zero attached hydrogens (tertiary/aromatic N) is 3. The lowest BCUT2D eigenvalue weighted by Crippen LogP contribution is -2.15. The minimum absolute atomic E-state index is 0.825. The third kappa shape index (κ3) is 3.14. The first-order chi connectivity index (χ1) is 8.19. The summed E-state index contributed by atoms with van der Waals surface area (Å²) in [4.78, 5) is 4.42. The maximum absolute atomic E-state index is 4.42. The highest BCUT2D eigenvalue weighted by molar-refractivity contribution is 7.09. The number of thiazole rings is 1. The number of rotatable bonds is 5. The van der Waals surface area contributed by atoms with E-state index in [9.17, 15) is 0 Å². The molecule has 0 atom stereocenters. The van der Waals surface area contributed by atoms with E-state index >= 15 is 0 Å². The molecule has 0 saturated carbocycles. The zero-order valence-corrected chi connectivity index (χ0v) is 11.3. The summed E-state index contributed by atoms with van der Waals surface area (Å²) < 4.78 is 1.94. The summed E-state index contributed by atoms with van der Waals surface area (Å²) >= 11 is 1.70. The molecule has 4 nitrogen and oxygen atoms in total. The van der Waals surface area contributed by atoms with E-state index in [-0.39, 0.29) is 0 Å². The van der Waals surface area contributed by atoms with Gasteiger partial charge in [0.1, 0.15) is 5.01 Å². The van der Waals surface area contributed by atoms with Crippen LogP contribution < -0.4 is 5.32 Å². The van der Waals surface area contributed by atoms with Crippen molar-refractivity contribution in [2.75, 3.05) is 0 Å². The minimum atomic E-state index is 0.825. The fraction of sp³-hybridized carbons (Fsp3) is 0.500. The monoisotopic (exact) mass is 250 g/mol. The molecule has 2 heterocycles. The summed E-state index contributed by atoms with van der Waals surface area (Å²) in [5, 5.41) is 11.0. The lowest BCUT2D eigenvalue weighted by Gasteiger charge is -2.02. The van der Waals surface area contributed by atoms with Crippen LogP contribution in [0.5, 0.6) is 0 Å². The second-order valence-electron chi connectivity index (χ2n) is 4.09. The fourth-order valence-corrected chi connectivity index (χ4v) is 2.43. The minimum Gasteiger partial charge on any atom is -0.305 e. The second kappa shape index (κ2) is 5.42. The summed E-state index contributed by atoms with van der Waals surface area (Å²) in [7, 11) is 1.99. The van der Waals surface area contributed by atoms with E-state index in [2.05, 4.69) is 33.8 Å². The second-order valence-corrected chi connectivity index (χ2v) is 5.03. The van der Waals surface area contributed by atoms with Crippen LogP contribution in [0, 0.1) is 6.92 Å². The number of nitrogens with one attached hydrogen (secondary N) is 1. The molecule has 0 unspecified atom stereocenters. The highest BCUT2D eigenvalue weighted by Gasteiger charge is 2.04. The molecule has 1 N–H and O–H groups in total. The lowest BCUT2D eigenvalue weighted by molar-refractivity contribution is 0.622. The Morgan fingerprint density at radius 3 is 2.82 bits per heavy atom. The number of hydrogen-bond acceptors (Lipinski definition) is 4. The average Bonchev–Trinajstić information content (AvgIpc) is 2.86. The van der Waals surface area contributed by atoms with Gasteiger partial charge in [0.15, 0.2) is 0 Å². The van der Waals surface area contributed by atoms with E-state index in [1.807, 2.05) is 18.7 Å². The smallest absolute Gasteiger partial charge is 0.107 e. The first kappa shape index (κ1) is 12.3. The molecule has 92 valence electrons. The molecule has 0 aromatic carbocycles. The maximum Gasteiger partial charge on any atom is 0.107 e. The topological polar surface area (TPSA) is 42.7 Å². The van der Waals surface area contributed by atoms with Crippen LogP contribution in [-0.4, -0.2) is 14.8 Å². The van der Waals surface area contributed by atoms with Crippen LogP contribution in [0.25, 0.3) is 0 Å². The first-order valence-electron chi connectivity index (χ1n) is 5.82. The van der Waals surface area contributed by atoms with E-state index in [0.29, 0.717) is 0 Å². The van der Waals surface area contributed by atoms with E-state index in [0.717, 1.165) is 35.9 Å². The van der Waals surface area contributed by atoms with Crippen LogP contribution in [0.2, 0.25) is 0 Å². The summed E-state index contributed by atoms with van der Waals surface area (Å²) in [6.45, 7) is 5.81. The van der Waals surface area contributed by atoms with Crippen molar-refractivity contribution in [1.82, 2.24) is 20.1 Å². The van der Waals surface area contributed by atoms with Crippen LogP contribution in [-0.2, 0) is 26.6 Å². The van der Waals surface area contributed by atoms with E-state index < -0.39 is 0 Å². The van der Waals surface area contributed by atoms with Gasteiger partial charge in [-0.15, -0.1) is 11.3 Å². The third-order valence-corrected chi connectivity index (χ3v) is 3.61. The molecule has 0 aliphatic rings. The lowest BCUT2D eigenvalue weighted by atomic mass is 10.3. The fourth-order valence-electron chi connectivity index (χ4n) is 1.69. The molecule has 0 radical (unpaired) electrons. The Bertz CT molecular complexity index is 486. The number of aromatic nitrogens is 3. The molecule has 2 rings (SSSR count). The van der Waals surface area contributed by atoms with Crippen LogP contribution in [0.4, 0.5) is 0 Å². The summed E-state index contributed by atoms with van der Waals surface area (Å²) in [5.74, 6) is 0. The van der Waals surface area contributed by atoms with Crippen molar-refractivity contribution in [2.45, 2.75) is 33.4 Å². The van der Waals surface area contributed by atoms with Gasteiger partial charge in [-0.05, 0) is 19.4 Å². The van der Waals surface area contributed by atoms with Gasteiger partial charge in [-0.1, -0.05) is 6.92 Å². The van der Waals surface area contributed by atoms with E-state index in [1.54, 1.807) is 11.3 Å². The highest BCUT2D eigenvalue weighted by Crippen LogP contribution is 2.09. The highest BCUT2D eigenvalue weighted by atomic mass is 32.1. The SMILES string of the molecule is CCc1cc(CNCc2nc(C)cs2)n(C)n1. The molecule has 0 aliphatic carbocycles. The molecule has 2 aromatic rings. The van der Waals surface area contributed by atoms with Crippen molar-refractivity contribution >= 4 is 11.3 Å². The standard InChI is InChI=1S/C12H18N4S/c1-4-10-5-11(16(3)15-10)6-13-7-12-14-9(2)8-17-12/h5,8,13H,4,6-7H2,1-3H3. The van der Waals surface area contributed by atoms with Gasteiger partial charge in [-0.2, -0.15) is 5.10 Å². The quantitative estimate of drug-likeness (QED) is 0.883. The Kier molecular flexibility index (Phi) is 3.91. The first-order valence-corrected chi connectivity index (χ1v) is 6.70. The molecule has 5 heteroatoms. The molecule has 0 amide bonds. The Labute approximate surface area is 106 Å². The average molecular weight is 250 g/mol. The zero-order chi connectivity index (χ0) is 12.3. The molecule has 17 heavy (non-hydrogen) atoms. The van der Waals surface area contributed by atoms with Gasteiger partial charge in [-0.3, -0.25) is 4.68 Å². The Morgan fingerprint density at radius 1 is 1.41 bits per heavy atom. The number of aryl methyl sites for hydroxylation is 3. The Balaban J connectivity index is 1.87. The molecule has 0 aliphatic heterocycles. The number of hydrogen-bond donors (Lipinski definition) is 1. The largest absolute Gasteiger partial charge is 0.305 e. The van der Waals surface area contributed by atoms with E-state index in [1.165, 1.54) is 5.69 Å². The van der Waals surface area contributed by atoms with Gasteiger partial charge in [0.05, 0.1) is 11.4 Å². The summed E-state index contributed by atoms with van der Waals surface area (Å²) in [6, 6.07) is 2.15. The Hall–Kier alpha value is -1.20. The van der Waals surface area contributed by atoms with Crippen molar-refractivity contribution in [2.24, 2.45) is 7.05 Å². The van der Waals surface area contributed by atoms with Crippen molar-refractivity contribution < 1.29 is 0 Å². The van der Waals surface area contributed by atoms with Gasteiger partial charge in [0.25, 0.3) is 0 Å².